The third-order valence-electron chi connectivity index (χ3n) is 4.78. The Balaban J connectivity index is 1.52. The van der Waals surface area contributed by atoms with E-state index in [1.54, 1.807) is 19.2 Å². The number of nitrogens with two attached hydrogens (primary N) is 1. The standard InChI is InChI=1S/C21H26N2O6S/c1-27-20-11-16(6-9-19(20)29-14-17-3-2-10-28-17)13-23-21(24)12-15-4-7-18(8-5-15)30(22,25)26/h4-9,11,17H,2-3,10,12-14H2,1H3,(H,23,24)(H2,22,25,26). The van der Waals surface area contributed by atoms with Crippen LogP contribution >= 0.6 is 0 Å². The molecule has 0 saturated carbocycles. The van der Waals surface area contributed by atoms with E-state index in [1.165, 1.54) is 12.1 Å². The van der Waals surface area contributed by atoms with Crippen LogP contribution in [0.25, 0.3) is 0 Å². The van der Waals surface area contributed by atoms with E-state index in [0.717, 1.165) is 25.0 Å². The number of hydrogen-bond acceptors (Lipinski definition) is 6. The van der Waals surface area contributed by atoms with Crippen molar-refractivity contribution >= 4 is 15.9 Å². The third kappa shape index (κ3) is 6.19. The monoisotopic (exact) mass is 434 g/mol. The zero-order valence-corrected chi connectivity index (χ0v) is 17.6. The van der Waals surface area contributed by atoms with Crippen molar-refractivity contribution in [3.8, 4) is 11.5 Å². The minimum absolute atomic E-state index is 0.0144. The Hall–Kier alpha value is -2.62. The number of hydrogen-bond donors (Lipinski definition) is 2. The van der Waals surface area contributed by atoms with Gasteiger partial charge in [-0.15, -0.1) is 0 Å². The number of primary sulfonamides is 1. The van der Waals surface area contributed by atoms with Crippen LogP contribution in [0.15, 0.2) is 47.4 Å². The summed E-state index contributed by atoms with van der Waals surface area (Å²) < 4.78 is 39.3. The maximum atomic E-state index is 12.2. The second-order valence-electron chi connectivity index (χ2n) is 7.07. The number of benzene rings is 2. The normalized spacial score (nSPS) is 16.3. The van der Waals surface area contributed by atoms with Gasteiger partial charge < -0.3 is 19.5 Å². The molecule has 9 heteroatoms. The fraction of sp³-hybridized carbons (Fsp3) is 0.381. The molecule has 1 saturated heterocycles. The number of methoxy groups -OCH3 is 1. The summed E-state index contributed by atoms with van der Waals surface area (Å²) in [6.07, 6.45) is 2.30. The number of sulfonamides is 1. The highest BCUT2D eigenvalue weighted by Gasteiger charge is 2.17. The second-order valence-corrected chi connectivity index (χ2v) is 8.64. The molecule has 1 amide bonds. The van der Waals surface area contributed by atoms with Crippen LogP contribution in [0.1, 0.15) is 24.0 Å². The van der Waals surface area contributed by atoms with Gasteiger partial charge in [0.25, 0.3) is 0 Å². The fourth-order valence-electron chi connectivity index (χ4n) is 3.15. The average Bonchev–Trinajstić information content (AvgIpc) is 3.24. The smallest absolute Gasteiger partial charge is 0.238 e. The molecule has 0 aliphatic carbocycles. The maximum absolute atomic E-state index is 12.2. The van der Waals surface area contributed by atoms with Crippen molar-refractivity contribution in [2.24, 2.45) is 5.14 Å². The van der Waals surface area contributed by atoms with E-state index in [0.29, 0.717) is 30.2 Å². The molecule has 30 heavy (non-hydrogen) atoms. The van der Waals surface area contributed by atoms with Crippen molar-refractivity contribution in [2.45, 2.75) is 36.8 Å². The Morgan fingerprint density at radius 2 is 1.90 bits per heavy atom. The van der Waals surface area contributed by atoms with Gasteiger partial charge >= 0.3 is 0 Å². The third-order valence-corrected chi connectivity index (χ3v) is 5.71. The molecule has 0 aromatic heterocycles. The second kappa shape index (κ2) is 9.92. The molecule has 0 bridgehead atoms. The average molecular weight is 435 g/mol. The summed E-state index contributed by atoms with van der Waals surface area (Å²) in [5.41, 5.74) is 1.56. The summed E-state index contributed by atoms with van der Waals surface area (Å²) in [6.45, 7) is 1.59. The lowest BCUT2D eigenvalue weighted by Gasteiger charge is -2.15. The van der Waals surface area contributed by atoms with Gasteiger partial charge in [-0.3, -0.25) is 4.79 Å². The molecule has 1 fully saturated rings. The summed E-state index contributed by atoms with van der Waals surface area (Å²) >= 11 is 0. The van der Waals surface area contributed by atoms with Crippen LogP contribution < -0.4 is 19.9 Å². The molecule has 8 nitrogen and oxygen atoms in total. The van der Waals surface area contributed by atoms with Gasteiger partial charge in [-0.05, 0) is 48.2 Å². The van der Waals surface area contributed by atoms with Crippen molar-refractivity contribution in [1.82, 2.24) is 5.32 Å². The van der Waals surface area contributed by atoms with Crippen LogP contribution in [0.2, 0.25) is 0 Å². The van der Waals surface area contributed by atoms with Crippen LogP contribution in [0.4, 0.5) is 0 Å². The predicted molar refractivity (Wildman–Crippen MR) is 111 cm³/mol. The van der Waals surface area contributed by atoms with Crippen LogP contribution in [-0.4, -0.2) is 40.8 Å². The Kier molecular flexibility index (Phi) is 7.30. The van der Waals surface area contributed by atoms with E-state index in [4.69, 9.17) is 19.3 Å². The lowest BCUT2D eigenvalue weighted by atomic mass is 10.1. The summed E-state index contributed by atoms with van der Waals surface area (Å²) in [4.78, 5) is 12.2. The lowest BCUT2D eigenvalue weighted by molar-refractivity contribution is -0.120. The highest BCUT2D eigenvalue weighted by atomic mass is 32.2. The number of nitrogens with one attached hydrogen (secondary N) is 1. The molecule has 1 heterocycles. The molecular weight excluding hydrogens is 408 g/mol. The molecule has 1 aliphatic rings. The minimum Gasteiger partial charge on any atom is -0.493 e. The van der Waals surface area contributed by atoms with Crippen molar-refractivity contribution < 1.29 is 27.4 Å². The Morgan fingerprint density at radius 1 is 1.17 bits per heavy atom. The zero-order chi connectivity index (χ0) is 21.6. The Bertz CT molecular complexity index is 969. The van der Waals surface area contributed by atoms with E-state index >= 15 is 0 Å². The van der Waals surface area contributed by atoms with Gasteiger partial charge in [0, 0.05) is 13.2 Å². The van der Waals surface area contributed by atoms with Gasteiger partial charge in [0.15, 0.2) is 11.5 Å². The molecule has 3 N–H and O–H groups in total. The number of ether oxygens (including phenoxy) is 3. The van der Waals surface area contributed by atoms with Crippen LogP contribution in [0.3, 0.4) is 0 Å². The van der Waals surface area contributed by atoms with Crippen molar-refractivity contribution in [1.29, 1.82) is 0 Å². The summed E-state index contributed by atoms with van der Waals surface area (Å²) in [7, 11) is -2.17. The number of carbonyl (C=O) groups is 1. The van der Waals surface area contributed by atoms with E-state index in [9.17, 15) is 13.2 Å². The number of rotatable bonds is 9. The van der Waals surface area contributed by atoms with Crippen LogP contribution in [-0.2, 0) is 32.5 Å². The first-order valence-electron chi connectivity index (χ1n) is 9.65. The van der Waals surface area contributed by atoms with Gasteiger partial charge in [-0.25, -0.2) is 13.6 Å². The lowest BCUT2D eigenvalue weighted by Crippen LogP contribution is -2.24. The molecule has 2 aromatic carbocycles. The van der Waals surface area contributed by atoms with Crippen molar-refractivity contribution in [3.63, 3.8) is 0 Å². The van der Waals surface area contributed by atoms with Gasteiger partial charge in [0.05, 0.1) is 24.5 Å². The van der Waals surface area contributed by atoms with Crippen LogP contribution in [0, 0.1) is 0 Å². The molecule has 3 rings (SSSR count). The topological polar surface area (TPSA) is 117 Å². The van der Waals surface area contributed by atoms with Gasteiger partial charge in [-0.1, -0.05) is 18.2 Å². The van der Waals surface area contributed by atoms with Gasteiger partial charge in [-0.2, -0.15) is 0 Å². The molecule has 162 valence electrons. The van der Waals surface area contributed by atoms with E-state index in [2.05, 4.69) is 5.32 Å². The Morgan fingerprint density at radius 3 is 2.53 bits per heavy atom. The highest BCUT2D eigenvalue weighted by Crippen LogP contribution is 2.29. The molecule has 2 aromatic rings. The van der Waals surface area contributed by atoms with E-state index in [-0.39, 0.29) is 23.3 Å². The first-order valence-corrected chi connectivity index (χ1v) is 11.2. The molecule has 1 aliphatic heterocycles. The van der Waals surface area contributed by atoms with Crippen molar-refractivity contribution in [2.75, 3.05) is 20.3 Å². The molecule has 1 unspecified atom stereocenters. The van der Waals surface area contributed by atoms with Gasteiger partial charge in [0.1, 0.15) is 6.61 Å². The minimum atomic E-state index is -3.74. The van der Waals surface area contributed by atoms with Gasteiger partial charge in [0.2, 0.25) is 15.9 Å². The number of amides is 1. The summed E-state index contributed by atoms with van der Waals surface area (Å²) in [5, 5.41) is 7.91. The zero-order valence-electron chi connectivity index (χ0n) is 16.8. The van der Waals surface area contributed by atoms with Crippen LogP contribution in [0.5, 0.6) is 11.5 Å². The first kappa shape index (κ1) is 22.1. The number of carbonyl (C=O) groups excluding carboxylic acids is 1. The first-order chi connectivity index (χ1) is 14.3. The summed E-state index contributed by atoms with van der Waals surface area (Å²) in [5.74, 6) is 1.05. The summed E-state index contributed by atoms with van der Waals surface area (Å²) in [6, 6.07) is 11.4. The fourth-order valence-corrected chi connectivity index (χ4v) is 3.66. The SMILES string of the molecule is COc1cc(CNC(=O)Cc2ccc(S(N)(=O)=O)cc2)ccc1OCC1CCCO1. The van der Waals surface area contributed by atoms with E-state index < -0.39 is 10.0 Å². The Labute approximate surface area is 176 Å². The quantitative estimate of drug-likeness (QED) is 0.621. The largest absolute Gasteiger partial charge is 0.493 e. The molecule has 0 spiro atoms. The molecule has 0 radical (unpaired) electrons. The highest BCUT2D eigenvalue weighted by molar-refractivity contribution is 7.89. The maximum Gasteiger partial charge on any atom is 0.238 e. The van der Waals surface area contributed by atoms with E-state index in [1.807, 2.05) is 18.2 Å². The molecular formula is C21H26N2O6S. The predicted octanol–water partition coefficient (Wildman–Crippen LogP) is 1.76. The molecule has 1 atom stereocenters. The van der Waals surface area contributed by atoms with Crippen molar-refractivity contribution in [3.05, 3.63) is 53.6 Å².